The van der Waals surface area contributed by atoms with E-state index in [9.17, 15) is 18.3 Å². The molecule has 0 aromatic heterocycles. The Morgan fingerprint density at radius 1 is 1.05 bits per heavy atom. The molecule has 2 aliphatic heterocycles. The zero-order valence-electron chi connectivity index (χ0n) is 12.7. The molecule has 7 nitrogen and oxygen atoms in total. The Hall–Kier alpha value is -0.700. The molecule has 0 spiro atoms. The molecular formula is C13H24N2O5S. The van der Waals surface area contributed by atoms with Crippen LogP contribution in [-0.2, 0) is 19.7 Å². The van der Waals surface area contributed by atoms with Crippen LogP contribution in [0.2, 0.25) is 0 Å². The van der Waals surface area contributed by atoms with Gasteiger partial charge in [0, 0.05) is 26.2 Å². The topological polar surface area (TPSA) is 87.2 Å². The maximum atomic E-state index is 12.7. The molecule has 4 unspecified atom stereocenters. The Bertz CT molecular complexity index is 485. The standard InChI is InChI=1S/C13H24N2O5S/c1-9-4-12(13(16)17)8-14(5-9)21(18,19)15-6-10(2)20-11(3)7-15/h9-12H,4-8H2,1-3H3,(H,16,17). The highest BCUT2D eigenvalue weighted by Crippen LogP contribution is 2.26. The van der Waals surface area contributed by atoms with Crippen molar-refractivity contribution in [3.63, 3.8) is 0 Å². The summed E-state index contributed by atoms with van der Waals surface area (Å²) in [5.41, 5.74) is 0. The van der Waals surface area contributed by atoms with Crippen LogP contribution in [0.15, 0.2) is 0 Å². The van der Waals surface area contributed by atoms with Crippen molar-refractivity contribution in [3.8, 4) is 0 Å². The normalized spacial score (nSPS) is 36.5. The Morgan fingerprint density at radius 3 is 2.10 bits per heavy atom. The van der Waals surface area contributed by atoms with Gasteiger partial charge >= 0.3 is 5.97 Å². The molecule has 122 valence electrons. The number of ether oxygens (including phenoxy) is 1. The van der Waals surface area contributed by atoms with Gasteiger partial charge in [-0.15, -0.1) is 0 Å². The summed E-state index contributed by atoms with van der Waals surface area (Å²) in [5.74, 6) is -1.50. The van der Waals surface area contributed by atoms with Crippen molar-refractivity contribution in [2.24, 2.45) is 11.8 Å². The molecule has 0 aromatic rings. The van der Waals surface area contributed by atoms with Gasteiger partial charge in [-0.05, 0) is 26.2 Å². The minimum atomic E-state index is -3.63. The molecule has 0 amide bonds. The van der Waals surface area contributed by atoms with Crippen LogP contribution in [-0.4, -0.2) is 66.5 Å². The zero-order chi connectivity index (χ0) is 15.8. The summed E-state index contributed by atoms with van der Waals surface area (Å²) < 4.78 is 33.8. The Kier molecular flexibility index (Phi) is 4.92. The molecule has 0 bridgehead atoms. The number of aliphatic carboxylic acids is 1. The van der Waals surface area contributed by atoms with E-state index in [0.717, 1.165) is 0 Å². The van der Waals surface area contributed by atoms with E-state index < -0.39 is 22.1 Å². The molecule has 0 aromatic carbocycles. The molecule has 2 rings (SSSR count). The molecule has 2 saturated heterocycles. The van der Waals surface area contributed by atoms with Crippen LogP contribution in [0.1, 0.15) is 27.2 Å². The van der Waals surface area contributed by atoms with E-state index >= 15 is 0 Å². The quantitative estimate of drug-likeness (QED) is 0.812. The van der Waals surface area contributed by atoms with Gasteiger partial charge in [0.1, 0.15) is 0 Å². The number of carboxylic acid groups (broad SMARTS) is 1. The van der Waals surface area contributed by atoms with Crippen molar-refractivity contribution < 1.29 is 23.1 Å². The third kappa shape index (κ3) is 3.74. The van der Waals surface area contributed by atoms with Crippen molar-refractivity contribution in [2.45, 2.75) is 39.4 Å². The van der Waals surface area contributed by atoms with E-state index in [1.165, 1.54) is 8.61 Å². The molecule has 0 radical (unpaired) electrons. The second-order valence-corrected chi connectivity index (χ2v) is 8.20. The van der Waals surface area contributed by atoms with E-state index in [1.54, 1.807) is 0 Å². The van der Waals surface area contributed by atoms with Gasteiger partial charge in [0.2, 0.25) is 0 Å². The molecular weight excluding hydrogens is 296 g/mol. The van der Waals surface area contributed by atoms with Crippen LogP contribution in [0.4, 0.5) is 0 Å². The lowest BCUT2D eigenvalue weighted by Gasteiger charge is -2.40. The summed E-state index contributed by atoms with van der Waals surface area (Å²) in [5, 5.41) is 9.18. The van der Waals surface area contributed by atoms with Gasteiger partial charge in [-0.3, -0.25) is 4.79 Å². The van der Waals surface area contributed by atoms with E-state index in [4.69, 9.17) is 4.74 Å². The maximum Gasteiger partial charge on any atom is 0.307 e. The van der Waals surface area contributed by atoms with Crippen LogP contribution < -0.4 is 0 Å². The van der Waals surface area contributed by atoms with Crippen molar-refractivity contribution in [1.29, 1.82) is 0 Å². The smallest absolute Gasteiger partial charge is 0.307 e. The van der Waals surface area contributed by atoms with Crippen LogP contribution in [0.3, 0.4) is 0 Å². The number of hydrogen-bond donors (Lipinski definition) is 1. The first-order valence-corrected chi connectivity index (χ1v) is 8.73. The first-order valence-electron chi connectivity index (χ1n) is 7.33. The molecule has 2 aliphatic rings. The van der Waals surface area contributed by atoms with E-state index in [1.807, 2.05) is 20.8 Å². The molecule has 0 saturated carbocycles. The van der Waals surface area contributed by atoms with Crippen molar-refractivity contribution in [3.05, 3.63) is 0 Å². The van der Waals surface area contributed by atoms with Gasteiger partial charge in [-0.1, -0.05) is 6.92 Å². The lowest BCUT2D eigenvalue weighted by molar-refractivity contribution is -0.143. The van der Waals surface area contributed by atoms with Gasteiger partial charge in [-0.25, -0.2) is 0 Å². The third-order valence-corrected chi connectivity index (χ3v) is 5.92. The number of piperidine rings is 1. The highest BCUT2D eigenvalue weighted by Gasteiger charge is 2.40. The minimum absolute atomic E-state index is 0.0468. The molecule has 1 N–H and O–H groups in total. The summed E-state index contributed by atoms with van der Waals surface area (Å²) >= 11 is 0. The molecule has 4 atom stereocenters. The highest BCUT2D eigenvalue weighted by atomic mass is 32.2. The van der Waals surface area contributed by atoms with E-state index in [-0.39, 0.29) is 24.7 Å². The van der Waals surface area contributed by atoms with E-state index in [0.29, 0.717) is 26.1 Å². The lowest BCUT2D eigenvalue weighted by Crippen LogP contribution is -2.56. The van der Waals surface area contributed by atoms with Gasteiger partial charge < -0.3 is 9.84 Å². The molecule has 8 heteroatoms. The summed E-state index contributed by atoms with van der Waals surface area (Å²) in [6, 6.07) is 0. The van der Waals surface area contributed by atoms with Crippen LogP contribution in [0.25, 0.3) is 0 Å². The molecule has 2 heterocycles. The summed E-state index contributed by atoms with van der Waals surface area (Å²) in [4.78, 5) is 11.2. The molecule has 21 heavy (non-hydrogen) atoms. The Labute approximate surface area is 126 Å². The van der Waals surface area contributed by atoms with Crippen molar-refractivity contribution in [2.75, 3.05) is 26.2 Å². The average molecular weight is 320 g/mol. The average Bonchev–Trinajstić information content (AvgIpc) is 2.36. The number of nitrogens with zero attached hydrogens (tertiary/aromatic N) is 2. The summed E-state index contributed by atoms with van der Waals surface area (Å²) in [6.45, 7) is 6.65. The summed E-state index contributed by atoms with van der Waals surface area (Å²) in [6.07, 6.45) is 0.221. The van der Waals surface area contributed by atoms with Crippen molar-refractivity contribution >= 4 is 16.2 Å². The monoisotopic (exact) mass is 320 g/mol. The fraction of sp³-hybridized carbons (Fsp3) is 0.923. The van der Waals surface area contributed by atoms with Gasteiger partial charge in [0.05, 0.1) is 18.1 Å². The van der Waals surface area contributed by atoms with E-state index in [2.05, 4.69) is 0 Å². The largest absolute Gasteiger partial charge is 0.481 e. The first-order chi connectivity index (χ1) is 9.70. The van der Waals surface area contributed by atoms with Crippen LogP contribution in [0, 0.1) is 11.8 Å². The number of hydrogen-bond acceptors (Lipinski definition) is 4. The molecule has 0 aliphatic carbocycles. The fourth-order valence-corrected chi connectivity index (χ4v) is 5.09. The predicted molar refractivity (Wildman–Crippen MR) is 77.0 cm³/mol. The second-order valence-electron chi connectivity index (χ2n) is 6.28. The number of rotatable bonds is 3. The number of carboxylic acids is 1. The zero-order valence-corrected chi connectivity index (χ0v) is 13.5. The first kappa shape index (κ1) is 16.7. The maximum absolute atomic E-state index is 12.7. The fourth-order valence-electron chi connectivity index (χ4n) is 3.15. The van der Waals surface area contributed by atoms with Crippen LogP contribution >= 0.6 is 0 Å². The molecule has 2 fully saturated rings. The van der Waals surface area contributed by atoms with Gasteiger partial charge in [0.15, 0.2) is 0 Å². The predicted octanol–water partition coefficient (Wildman–Crippen LogP) is 0.383. The third-order valence-electron chi connectivity index (χ3n) is 4.01. The van der Waals surface area contributed by atoms with Gasteiger partial charge in [-0.2, -0.15) is 17.0 Å². The van der Waals surface area contributed by atoms with Gasteiger partial charge in [0.25, 0.3) is 10.2 Å². The Morgan fingerprint density at radius 2 is 1.57 bits per heavy atom. The second kappa shape index (κ2) is 6.20. The lowest BCUT2D eigenvalue weighted by atomic mass is 9.92. The highest BCUT2D eigenvalue weighted by molar-refractivity contribution is 7.86. The summed E-state index contributed by atoms with van der Waals surface area (Å²) in [7, 11) is -3.63. The minimum Gasteiger partial charge on any atom is -0.481 e. The SMILES string of the molecule is CC1CC(C(=O)O)CN(S(=O)(=O)N2CC(C)OC(C)C2)C1. The Balaban J connectivity index is 2.16. The van der Waals surface area contributed by atoms with Crippen molar-refractivity contribution in [1.82, 2.24) is 8.61 Å². The number of morpholine rings is 1. The van der Waals surface area contributed by atoms with Crippen LogP contribution in [0.5, 0.6) is 0 Å². The number of carbonyl (C=O) groups is 1.